The molecule has 0 saturated carbocycles. The highest BCUT2D eigenvalue weighted by molar-refractivity contribution is 5.75. The first-order chi connectivity index (χ1) is 6.57. The molecule has 78 valence electrons. The smallest absolute Gasteiger partial charge is 0.313 e. The molecule has 14 heavy (non-hydrogen) atoms. The molecule has 1 aromatic rings. The van der Waals surface area contributed by atoms with Gasteiger partial charge in [-0.05, 0) is 19.9 Å². The first-order valence-corrected chi connectivity index (χ1v) is 4.54. The second kappa shape index (κ2) is 4.23. The van der Waals surface area contributed by atoms with Gasteiger partial charge in [-0.15, -0.1) is 0 Å². The fourth-order valence-corrected chi connectivity index (χ4v) is 1.38. The van der Waals surface area contributed by atoms with Crippen molar-refractivity contribution in [3.05, 3.63) is 18.0 Å². The van der Waals surface area contributed by atoms with Crippen molar-refractivity contribution in [3.63, 3.8) is 0 Å². The maximum atomic E-state index is 10.9. The molecule has 0 aliphatic heterocycles. The molecule has 0 aliphatic carbocycles. The Morgan fingerprint density at radius 1 is 1.71 bits per heavy atom. The molecule has 5 heteroatoms. The molecule has 0 spiro atoms. The van der Waals surface area contributed by atoms with Crippen molar-refractivity contribution in [2.45, 2.75) is 25.8 Å². The van der Waals surface area contributed by atoms with Gasteiger partial charge in [-0.25, -0.2) is 0 Å². The third kappa shape index (κ3) is 1.93. The molecule has 3 N–H and O–H groups in total. The highest BCUT2D eigenvalue weighted by Crippen LogP contribution is 2.17. The van der Waals surface area contributed by atoms with E-state index in [0.717, 1.165) is 0 Å². The third-order valence-electron chi connectivity index (χ3n) is 2.08. The van der Waals surface area contributed by atoms with E-state index in [9.17, 15) is 4.79 Å². The second-order valence-corrected chi connectivity index (χ2v) is 3.42. The van der Waals surface area contributed by atoms with Crippen LogP contribution in [0.4, 0.5) is 0 Å². The topological polar surface area (TPSA) is 81.1 Å². The number of carboxylic acid groups (broad SMARTS) is 1. The van der Waals surface area contributed by atoms with E-state index in [1.165, 1.54) is 0 Å². The van der Waals surface area contributed by atoms with Crippen LogP contribution in [0.1, 0.15) is 31.5 Å². The number of hydrogen-bond acceptors (Lipinski definition) is 3. The van der Waals surface area contributed by atoms with Crippen LogP contribution in [0.5, 0.6) is 0 Å². The van der Waals surface area contributed by atoms with Crippen LogP contribution in [0.2, 0.25) is 0 Å². The zero-order valence-electron chi connectivity index (χ0n) is 8.34. The summed E-state index contributed by atoms with van der Waals surface area (Å²) in [5.41, 5.74) is 6.07. The molecular formula is C9H15N3O2. The van der Waals surface area contributed by atoms with E-state index in [-0.39, 0.29) is 12.6 Å². The van der Waals surface area contributed by atoms with E-state index in [4.69, 9.17) is 10.8 Å². The Hall–Kier alpha value is -1.36. The number of nitrogens with zero attached hydrogens (tertiary/aromatic N) is 2. The summed E-state index contributed by atoms with van der Waals surface area (Å²) in [7, 11) is 0. The van der Waals surface area contributed by atoms with Crippen LogP contribution in [0, 0.1) is 0 Å². The lowest BCUT2D eigenvalue weighted by Gasteiger charge is -2.15. The van der Waals surface area contributed by atoms with Gasteiger partial charge in [0.2, 0.25) is 0 Å². The van der Waals surface area contributed by atoms with E-state index < -0.39 is 11.9 Å². The Morgan fingerprint density at radius 3 is 2.79 bits per heavy atom. The third-order valence-corrected chi connectivity index (χ3v) is 2.08. The van der Waals surface area contributed by atoms with Crippen LogP contribution < -0.4 is 5.73 Å². The molecule has 5 nitrogen and oxygen atoms in total. The van der Waals surface area contributed by atoms with Gasteiger partial charge in [0.1, 0.15) is 5.92 Å². The van der Waals surface area contributed by atoms with Crippen LogP contribution in [0.15, 0.2) is 12.3 Å². The lowest BCUT2D eigenvalue weighted by Crippen LogP contribution is -2.24. The van der Waals surface area contributed by atoms with Crippen molar-refractivity contribution in [2.75, 3.05) is 6.54 Å². The summed E-state index contributed by atoms with van der Waals surface area (Å²) in [6.07, 6.45) is 1.60. The second-order valence-electron chi connectivity index (χ2n) is 3.42. The lowest BCUT2D eigenvalue weighted by molar-refractivity contribution is -0.138. The maximum Gasteiger partial charge on any atom is 0.313 e. The van der Waals surface area contributed by atoms with E-state index in [2.05, 4.69) is 5.10 Å². The average Bonchev–Trinajstić information content (AvgIpc) is 2.53. The quantitative estimate of drug-likeness (QED) is 0.740. The Kier molecular flexibility index (Phi) is 3.24. The summed E-state index contributed by atoms with van der Waals surface area (Å²) < 4.78 is 1.69. The van der Waals surface area contributed by atoms with Gasteiger partial charge in [0.25, 0.3) is 0 Å². The minimum absolute atomic E-state index is 0.0910. The van der Waals surface area contributed by atoms with Crippen molar-refractivity contribution < 1.29 is 9.90 Å². The number of aliphatic carboxylic acids is 1. The van der Waals surface area contributed by atoms with E-state index in [0.29, 0.717) is 5.69 Å². The minimum Gasteiger partial charge on any atom is -0.481 e. The summed E-state index contributed by atoms with van der Waals surface area (Å²) in [5.74, 6) is -1.57. The molecule has 1 unspecified atom stereocenters. The van der Waals surface area contributed by atoms with Crippen LogP contribution in [-0.4, -0.2) is 27.4 Å². The largest absolute Gasteiger partial charge is 0.481 e. The fraction of sp³-hybridized carbons (Fsp3) is 0.556. The molecule has 1 heterocycles. The van der Waals surface area contributed by atoms with Crippen LogP contribution in [0.3, 0.4) is 0 Å². The van der Waals surface area contributed by atoms with Crippen molar-refractivity contribution in [1.29, 1.82) is 0 Å². The molecule has 0 saturated heterocycles. The molecule has 0 radical (unpaired) electrons. The highest BCUT2D eigenvalue weighted by Gasteiger charge is 2.22. The van der Waals surface area contributed by atoms with Gasteiger partial charge in [-0.3, -0.25) is 9.48 Å². The molecule has 0 aliphatic rings. The van der Waals surface area contributed by atoms with Gasteiger partial charge in [-0.1, -0.05) is 0 Å². The zero-order chi connectivity index (χ0) is 10.7. The van der Waals surface area contributed by atoms with Crippen molar-refractivity contribution in [3.8, 4) is 0 Å². The van der Waals surface area contributed by atoms with Crippen molar-refractivity contribution in [1.82, 2.24) is 9.78 Å². The van der Waals surface area contributed by atoms with Crippen LogP contribution in [0.25, 0.3) is 0 Å². The maximum absolute atomic E-state index is 10.9. The molecule has 1 aromatic heterocycles. The molecule has 1 atom stereocenters. The van der Waals surface area contributed by atoms with E-state index in [1.807, 2.05) is 13.8 Å². The normalized spacial score (nSPS) is 13.1. The van der Waals surface area contributed by atoms with E-state index >= 15 is 0 Å². The Morgan fingerprint density at radius 2 is 2.36 bits per heavy atom. The van der Waals surface area contributed by atoms with Gasteiger partial charge in [0, 0.05) is 18.8 Å². The summed E-state index contributed by atoms with van der Waals surface area (Å²) >= 11 is 0. The number of aromatic nitrogens is 2. The Bertz CT molecular complexity index is 320. The number of rotatable bonds is 4. The Balaban J connectivity index is 3.03. The minimum atomic E-state index is -0.908. The van der Waals surface area contributed by atoms with Gasteiger partial charge in [0.15, 0.2) is 0 Å². The van der Waals surface area contributed by atoms with Gasteiger partial charge in [-0.2, -0.15) is 5.10 Å². The summed E-state index contributed by atoms with van der Waals surface area (Å²) in [4.78, 5) is 10.9. The number of carbonyl (C=O) groups is 1. The first-order valence-electron chi connectivity index (χ1n) is 4.54. The van der Waals surface area contributed by atoms with Gasteiger partial charge < -0.3 is 10.8 Å². The van der Waals surface area contributed by atoms with Gasteiger partial charge >= 0.3 is 5.97 Å². The molecular weight excluding hydrogens is 182 g/mol. The molecule has 0 bridgehead atoms. The van der Waals surface area contributed by atoms with E-state index in [1.54, 1.807) is 16.9 Å². The SMILES string of the molecule is CC(C)n1nccc1C(CN)C(=O)O. The molecule has 1 rings (SSSR count). The highest BCUT2D eigenvalue weighted by atomic mass is 16.4. The fourth-order valence-electron chi connectivity index (χ4n) is 1.38. The van der Waals surface area contributed by atoms with Crippen molar-refractivity contribution >= 4 is 5.97 Å². The Labute approximate surface area is 82.5 Å². The van der Waals surface area contributed by atoms with Crippen LogP contribution >= 0.6 is 0 Å². The number of hydrogen-bond donors (Lipinski definition) is 2. The number of carboxylic acids is 1. The summed E-state index contributed by atoms with van der Waals surface area (Å²) in [5, 5.41) is 13.0. The van der Waals surface area contributed by atoms with Crippen molar-refractivity contribution in [2.24, 2.45) is 5.73 Å². The summed E-state index contributed by atoms with van der Waals surface area (Å²) in [6, 6.07) is 1.85. The number of nitrogens with two attached hydrogens (primary N) is 1. The molecule has 0 aromatic carbocycles. The zero-order valence-corrected chi connectivity index (χ0v) is 8.34. The first kappa shape index (κ1) is 10.7. The summed E-state index contributed by atoms with van der Waals surface area (Å²) in [6.45, 7) is 3.99. The van der Waals surface area contributed by atoms with Crippen LogP contribution in [-0.2, 0) is 4.79 Å². The standard InChI is InChI=1S/C9H15N3O2/c1-6(2)12-8(3-4-11-12)7(5-10)9(13)14/h3-4,6-7H,5,10H2,1-2H3,(H,13,14). The van der Waals surface area contributed by atoms with Gasteiger partial charge in [0.05, 0.1) is 5.69 Å². The lowest BCUT2D eigenvalue weighted by atomic mass is 10.1. The monoisotopic (exact) mass is 197 g/mol. The predicted octanol–water partition coefficient (Wildman–Crippen LogP) is 0.591. The predicted molar refractivity (Wildman–Crippen MR) is 52.0 cm³/mol. The molecule has 0 amide bonds. The average molecular weight is 197 g/mol. The molecule has 0 fully saturated rings.